The van der Waals surface area contributed by atoms with Gasteiger partial charge in [-0.1, -0.05) is 358 Å². The number of benzene rings is 18. The molecule has 0 aliphatic rings. The minimum atomic E-state index is 0.696. The fraction of sp³-hybridized carbons (Fsp3) is 0. The Morgan fingerprint density at radius 2 is 0.456 bits per heavy atom. The van der Waals surface area contributed by atoms with Crippen LogP contribution in [-0.4, -0.2) is 19.9 Å². The van der Waals surface area contributed by atoms with Crippen LogP contribution in [0.5, 0.6) is 0 Å². The highest BCUT2D eigenvalue weighted by molar-refractivity contribution is 6.25. The molecule has 0 fully saturated rings. The van der Waals surface area contributed by atoms with Gasteiger partial charge in [-0.3, -0.25) is 0 Å². The summed E-state index contributed by atoms with van der Waals surface area (Å²) in [7, 11) is 0. The molecule has 0 radical (unpaired) electrons. The summed E-state index contributed by atoms with van der Waals surface area (Å²) in [6, 6.07) is 145. The molecule has 114 heavy (non-hydrogen) atoms. The van der Waals surface area contributed by atoms with Crippen LogP contribution in [0.2, 0.25) is 0 Å². The van der Waals surface area contributed by atoms with E-state index in [4.69, 9.17) is 28.8 Å². The zero-order valence-electron chi connectivity index (χ0n) is 61.9. The number of hydrogen-bond acceptors (Lipinski definition) is 6. The Morgan fingerprint density at radius 3 is 0.921 bits per heavy atom. The van der Waals surface area contributed by atoms with Crippen molar-refractivity contribution in [2.24, 2.45) is 0 Å². The largest absolute Gasteiger partial charge is 0.455 e. The van der Waals surface area contributed by atoms with Crippen LogP contribution in [0.3, 0.4) is 0 Å². The molecule has 0 spiro atoms. The van der Waals surface area contributed by atoms with Gasteiger partial charge in [0.1, 0.15) is 22.3 Å². The van der Waals surface area contributed by atoms with Crippen molar-refractivity contribution in [3.8, 4) is 135 Å². The van der Waals surface area contributed by atoms with E-state index in [9.17, 15) is 0 Å². The Morgan fingerprint density at radius 1 is 0.158 bits per heavy atom. The third-order valence-corrected chi connectivity index (χ3v) is 22.2. The van der Waals surface area contributed by atoms with Crippen molar-refractivity contribution in [3.05, 3.63) is 413 Å². The predicted molar refractivity (Wildman–Crippen MR) is 474 cm³/mol. The van der Waals surface area contributed by atoms with Gasteiger partial charge in [-0.2, -0.15) is 0 Å². The summed E-state index contributed by atoms with van der Waals surface area (Å²) >= 11 is 0. The van der Waals surface area contributed by atoms with Gasteiger partial charge in [0.05, 0.1) is 22.8 Å². The molecule has 6 heteroatoms. The molecule has 0 bridgehead atoms. The number of rotatable bonds is 12. The summed E-state index contributed by atoms with van der Waals surface area (Å²) in [6.45, 7) is 0. The van der Waals surface area contributed by atoms with Crippen molar-refractivity contribution >= 4 is 87.0 Å². The summed E-state index contributed by atoms with van der Waals surface area (Å²) < 4.78 is 13.5. The molecule has 4 aromatic heterocycles. The first-order valence-corrected chi connectivity index (χ1v) is 38.6. The second-order valence-corrected chi connectivity index (χ2v) is 29.0. The van der Waals surface area contributed by atoms with E-state index in [2.05, 4.69) is 352 Å². The van der Waals surface area contributed by atoms with E-state index in [1.165, 1.54) is 60.1 Å². The lowest BCUT2D eigenvalue weighted by Gasteiger charge is -2.12. The van der Waals surface area contributed by atoms with Crippen molar-refractivity contribution < 1.29 is 8.83 Å². The van der Waals surface area contributed by atoms with Crippen molar-refractivity contribution in [1.82, 2.24) is 19.9 Å². The van der Waals surface area contributed by atoms with E-state index < -0.39 is 0 Å². The molecular weight excluding hydrogens is 1390 g/mol. The predicted octanol–water partition coefficient (Wildman–Crippen LogP) is 29.4. The molecule has 0 N–H and O–H groups in total. The highest BCUT2D eigenvalue weighted by Crippen LogP contribution is 2.48. The molecule has 22 rings (SSSR count). The third kappa shape index (κ3) is 12.3. The highest BCUT2D eigenvalue weighted by atomic mass is 16.3. The maximum absolute atomic E-state index is 6.76. The lowest BCUT2D eigenvalue weighted by molar-refractivity contribution is 0.672. The van der Waals surface area contributed by atoms with E-state index >= 15 is 0 Å². The molecule has 4 heterocycles. The number of hydrogen-bond donors (Lipinski definition) is 0. The van der Waals surface area contributed by atoms with Gasteiger partial charge in [0.25, 0.3) is 0 Å². The Bertz CT molecular complexity index is 7390. The lowest BCUT2D eigenvalue weighted by Crippen LogP contribution is -1.96. The Hall–Kier alpha value is -15.2. The van der Waals surface area contributed by atoms with Crippen molar-refractivity contribution in [2.75, 3.05) is 0 Å². The van der Waals surface area contributed by atoms with Gasteiger partial charge >= 0.3 is 0 Å². The molecule has 18 aromatic carbocycles. The number of furan rings is 2. The normalized spacial score (nSPS) is 11.5. The molecule has 0 aliphatic carbocycles. The van der Waals surface area contributed by atoms with Crippen LogP contribution < -0.4 is 0 Å². The second kappa shape index (κ2) is 28.6. The number of fused-ring (bicyclic) bond motifs is 12. The molecule has 0 saturated carbocycles. The minimum absolute atomic E-state index is 0.696. The summed E-state index contributed by atoms with van der Waals surface area (Å²) in [6.07, 6.45) is 0. The standard InChI is InChI=1S/2C54H34N2O/c1-3-16-36(17-4-1)49-34-50(56-54(55-49)37-18-5-2-6-19-37)41-24-12-22-39(32-41)38-21-11-23-40(31-38)43-28-14-30-51-52(43)48-33-47(45-26-9-10-27-46(45)53(48)57-51)44-29-13-20-35-15-7-8-25-42(35)44;1-3-14-35(15-4-1)40-20-11-21-41(32-40)50-34-49(55-54(56-50)39-17-5-2-6-18-39)38-30-28-37(29-31-38)43-25-13-27-51-52(43)48-33-47(45-23-9-10-24-46(45)53(48)57-51)44-26-12-19-36-16-7-8-22-42(36)44/h2*1-34H. The van der Waals surface area contributed by atoms with E-state index in [1.54, 1.807) is 0 Å². The molecule has 0 saturated heterocycles. The van der Waals surface area contributed by atoms with Crippen LogP contribution in [-0.2, 0) is 0 Å². The Labute approximate surface area is 658 Å². The molecular formula is C108H68N4O2. The molecule has 532 valence electrons. The average Bonchev–Trinajstić information content (AvgIpc) is 1.57. The third-order valence-electron chi connectivity index (χ3n) is 22.2. The summed E-state index contributed by atoms with van der Waals surface area (Å²) in [5.41, 5.74) is 27.1. The van der Waals surface area contributed by atoms with Gasteiger partial charge in [-0.05, 0) is 154 Å². The first kappa shape index (κ1) is 66.9. The Balaban J connectivity index is 0.000000143. The second-order valence-electron chi connectivity index (χ2n) is 29.0. The summed E-state index contributed by atoms with van der Waals surface area (Å²) in [5.74, 6) is 1.40. The van der Waals surface area contributed by atoms with Gasteiger partial charge in [0.15, 0.2) is 11.6 Å². The van der Waals surface area contributed by atoms with Gasteiger partial charge in [-0.15, -0.1) is 0 Å². The lowest BCUT2D eigenvalue weighted by atomic mass is 9.90. The van der Waals surface area contributed by atoms with Gasteiger partial charge in [0, 0.05) is 65.7 Å². The minimum Gasteiger partial charge on any atom is -0.455 e. The average molecular weight is 1450 g/mol. The Kier molecular flexibility index (Phi) is 16.8. The van der Waals surface area contributed by atoms with Crippen molar-refractivity contribution in [2.45, 2.75) is 0 Å². The fourth-order valence-electron chi connectivity index (χ4n) is 16.7. The maximum atomic E-state index is 6.76. The summed E-state index contributed by atoms with van der Waals surface area (Å²) in [4.78, 5) is 20.3. The quantitative estimate of drug-likeness (QED) is 0.121. The molecule has 0 unspecified atom stereocenters. The van der Waals surface area contributed by atoms with Crippen LogP contribution in [0.25, 0.3) is 222 Å². The fourth-order valence-corrected chi connectivity index (χ4v) is 16.7. The topological polar surface area (TPSA) is 77.8 Å². The van der Waals surface area contributed by atoms with Crippen LogP contribution >= 0.6 is 0 Å². The van der Waals surface area contributed by atoms with Gasteiger partial charge in [0.2, 0.25) is 0 Å². The van der Waals surface area contributed by atoms with Crippen LogP contribution in [0.15, 0.2) is 421 Å². The number of aromatic nitrogens is 4. The van der Waals surface area contributed by atoms with Crippen LogP contribution in [0.1, 0.15) is 0 Å². The zero-order valence-corrected chi connectivity index (χ0v) is 61.9. The monoisotopic (exact) mass is 1450 g/mol. The van der Waals surface area contributed by atoms with Crippen LogP contribution in [0, 0.1) is 0 Å². The molecule has 0 aliphatic heterocycles. The maximum Gasteiger partial charge on any atom is 0.160 e. The molecule has 22 aromatic rings. The highest BCUT2D eigenvalue weighted by Gasteiger charge is 2.23. The smallest absolute Gasteiger partial charge is 0.160 e. The van der Waals surface area contributed by atoms with E-state index in [0.29, 0.717) is 11.6 Å². The van der Waals surface area contributed by atoms with Crippen molar-refractivity contribution in [3.63, 3.8) is 0 Å². The van der Waals surface area contributed by atoms with E-state index in [1.807, 2.05) is 60.7 Å². The first-order valence-electron chi connectivity index (χ1n) is 38.6. The van der Waals surface area contributed by atoms with Gasteiger partial charge in [-0.25, -0.2) is 19.9 Å². The van der Waals surface area contributed by atoms with E-state index in [0.717, 1.165) is 150 Å². The first-order chi connectivity index (χ1) is 56.5. The SMILES string of the molecule is c1ccc(-c2cc(-c3cccc(-c4cccc(-c5cccc6oc7c8ccccc8c(-c8cccc9ccccc89)cc7c56)c4)c3)nc(-c3ccccc3)n2)cc1.c1ccc(-c2cccc(-c3cc(-c4ccc(-c5cccc6oc7c8ccccc8c(-c8cccc9ccccc89)cc7c56)cc4)nc(-c4ccccc4)n3)c2)cc1. The molecule has 6 nitrogen and oxygen atoms in total. The van der Waals surface area contributed by atoms with Gasteiger partial charge < -0.3 is 8.83 Å². The van der Waals surface area contributed by atoms with Crippen LogP contribution in [0.4, 0.5) is 0 Å². The molecule has 0 amide bonds. The number of nitrogens with zero attached hydrogens (tertiary/aromatic N) is 4. The molecule has 0 atom stereocenters. The zero-order chi connectivity index (χ0) is 75.4. The van der Waals surface area contributed by atoms with E-state index in [-0.39, 0.29) is 0 Å². The van der Waals surface area contributed by atoms with Crippen molar-refractivity contribution in [1.29, 1.82) is 0 Å². The summed E-state index contributed by atoms with van der Waals surface area (Å²) in [5, 5.41) is 14.0.